The molecule has 0 fully saturated rings. The molecular formula is C11H11F4NO3. The molecule has 1 rings (SSSR count). The van der Waals surface area contributed by atoms with Crippen molar-refractivity contribution >= 4 is 11.7 Å². The van der Waals surface area contributed by atoms with Crippen LogP contribution in [0.1, 0.15) is 10.4 Å². The van der Waals surface area contributed by atoms with Gasteiger partial charge >= 0.3 is 5.97 Å². The van der Waals surface area contributed by atoms with E-state index >= 15 is 0 Å². The zero-order chi connectivity index (χ0) is 14.6. The minimum absolute atomic E-state index is 0.543. The summed E-state index contributed by atoms with van der Waals surface area (Å²) < 4.78 is 56.6. The summed E-state index contributed by atoms with van der Waals surface area (Å²) in [5.74, 6) is -7.52. The van der Waals surface area contributed by atoms with Gasteiger partial charge in [0, 0.05) is 0 Å². The van der Waals surface area contributed by atoms with Crippen molar-refractivity contribution in [3.63, 3.8) is 0 Å². The number of aliphatic hydroxyl groups is 1. The molecular weight excluding hydrogens is 270 g/mol. The second kappa shape index (κ2) is 5.87. The molecule has 0 spiro atoms. The van der Waals surface area contributed by atoms with Crippen LogP contribution in [0.2, 0.25) is 0 Å². The Bertz CT molecular complexity index is 479. The average Bonchev–Trinajstić information content (AvgIpc) is 2.39. The number of carbonyl (C=O) groups is 1. The molecule has 1 aromatic rings. The summed E-state index contributed by atoms with van der Waals surface area (Å²) in [6.07, 6.45) is 0. The lowest BCUT2D eigenvalue weighted by Crippen LogP contribution is -2.31. The Kier molecular flexibility index (Phi) is 4.71. The third-order valence-corrected chi connectivity index (χ3v) is 2.26. The molecule has 4 nitrogen and oxygen atoms in total. The van der Waals surface area contributed by atoms with Crippen molar-refractivity contribution in [1.29, 1.82) is 0 Å². The van der Waals surface area contributed by atoms with E-state index in [1.165, 1.54) is 0 Å². The maximum atomic E-state index is 13.5. The molecule has 2 N–H and O–H groups in total. The summed E-state index contributed by atoms with van der Waals surface area (Å²) in [4.78, 5) is 11.1. The predicted octanol–water partition coefficient (Wildman–Crippen LogP) is 1.79. The Labute approximate surface area is 106 Å². The standard InChI is InChI=1S/C11H11F4NO3/c1-19-10(18)6-2-3-7(9(13)8(6)12)16-4-11(14,15)5-17/h2-3,16-17H,4-5H2,1H3. The summed E-state index contributed by atoms with van der Waals surface area (Å²) in [6, 6.07) is 1.84. The van der Waals surface area contributed by atoms with Gasteiger partial charge in [0.05, 0.1) is 24.9 Å². The second-order valence-electron chi connectivity index (χ2n) is 3.65. The number of alkyl halides is 2. The van der Waals surface area contributed by atoms with Crippen molar-refractivity contribution in [3.8, 4) is 0 Å². The quantitative estimate of drug-likeness (QED) is 0.638. The van der Waals surface area contributed by atoms with Gasteiger partial charge in [-0.05, 0) is 12.1 Å². The summed E-state index contributed by atoms with van der Waals surface area (Å²) >= 11 is 0. The molecule has 0 aliphatic heterocycles. The maximum Gasteiger partial charge on any atom is 0.340 e. The normalized spacial score (nSPS) is 11.3. The molecule has 0 radical (unpaired) electrons. The topological polar surface area (TPSA) is 58.6 Å². The second-order valence-corrected chi connectivity index (χ2v) is 3.65. The van der Waals surface area contributed by atoms with Crippen LogP contribution in [0.15, 0.2) is 12.1 Å². The number of esters is 1. The smallest absolute Gasteiger partial charge is 0.340 e. The van der Waals surface area contributed by atoms with E-state index in [2.05, 4.69) is 4.74 Å². The zero-order valence-corrected chi connectivity index (χ0v) is 9.84. The van der Waals surface area contributed by atoms with Gasteiger partial charge in [-0.25, -0.2) is 22.4 Å². The monoisotopic (exact) mass is 281 g/mol. The van der Waals surface area contributed by atoms with Crippen molar-refractivity contribution in [2.24, 2.45) is 0 Å². The van der Waals surface area contributed by atoms with E-state index in [-0.39, 0.29) is 0 Å². The molecule has 19 heavy (non-hydrogen) atoms. The number of hydrogen-bond donors (Lipinski definition) is 2. The fourth-order valence-electron chi connectivity index (χ4n) is 1.23. The lowest BCUT2D eigenvalue weighted by molar-refractivity contribution is -0.0373. The molecule has 0 bridgehead atoms. The van der Waals surface area contributed by atoms with Gasteiger partial charge in [-0.15, -0.1) is 0 Å². The third-order valence-electron chi connectivity index (χ3n) is 2.26. The maximum absolute atomic E-state index is 13.5. The highest BCUT2D eigenvalue weighted by Crippen LogP contribution is 2.22. The number of carbonyl (C=O) groups excluding carboxylic acids is 1. The van der Waals surface area contributed by atoms with Crippen LogP contribution < -0.4 is 5.32 Å². The Morgan fingerprint density at radius 1 is 1.37 bits per heavy atom. The summed E-state index contributed by atoms with van der Waals surface area (Å²) in [7, 11) is 0.994. The number of nitrogens with one attached hydrogen (secondary N) is 1. The van der Waals surface area contributed by atoms with Crippen LogP contribution in [0.3, 0.4) is 0 Å². The van der Waals surface area contributed by atoms with E-state index in [1.807, 2.05) is 5.32 Å². The van der Waals surface area contributed by atoms with E-state index in [1.54, 1.807) is 0 Å². The number of rotatable bonds is 5. The predicted molar refractivity (Wildman–Crippen MR) is 58.2 cm³/mol. The van der Waals surface area contributed by atoms with Gasteiger partial charge in [-0.1, -0.05) is 0 Å². The number of benzene rings is 1. The van der Waals surface area contributed by atoms with E-state index in [4.69, 9.17) is 5.11 Å². The van der Waals surface area contributed by atoms with Gasteiger partial charge in [-0.3, -0.25) is 0 Å². The van der Waals surface area contributed by atoms with Crippen LogP contribution >= 0.6 is 0 Å². The van der Waals surface area contributed by atoms with E-state index in [0.29, 0.717) is 0 Å². The zero-order valence-electron chi connectivity index (χ0n) is 9.84. The van der Waals surface area contributed by atoms with Gasteiger partial charge in [0.1, 0.15) is 6.61 Å². The average molecular weight is 281 g/mol. The summed E-state index contributed by atoms with van der Waals surface area (Å²) in [5, 5.41) is 10.3. The molecule has 0 saturated carbocycles. The van der Waals surface area contributed by atoms with Gasteiger partial charge in [0.2, 0.25) is 0 Å². The van der Waals surface area contributed by atoms with Gasteiger partial charge < -0.3 is 15.2 Å². The summed E-state index contributed by atoms with van der Waals surface area (Å²) in [6.45, 7) is -2.50. The molecule has 0 amide bonds. The molecule has 0 aliphatic rings. The fourth-order valence-corrected chi connectivity index (χ4v) is 1.23. The SMILES string of the molecule is COC(=O)c1ccc(NCC(F)(F)CO)c(F)c1F. The minimum Gasteiger partial charge on any atom is -0.465 e. The van der Waals surface area contributed by atoms with Crippen LogP contribution in [0.5, 0.6) is 0 Å². The first-order valence-corrected chi connectivity index (χ1v) is 5.11. The van der Waals surface area contributed by atoms with Gasteiger partial charge in [-0.2, -0.15) is 0 Å². The highest BCUT2D eigenvalue weighted by molar-refractivity contribution is 5.90. The van der Waals surface area contributed by atoms with E-state index < -0.39 is 47.9 Å². The molecule has 0 heterocycles. The molecule has 0 saturated heterocycles. The number of anilines is 1. The first-order valence-electron chi connectivity index (χ1n) is 5.11. The lowest BCUT2D eigenvalue weighted by atomic mass is 10.1. The van der Waals surface area contributed by atoms with Crippen LogP contribution in [-0.4, -0.2) is 37.3 Å². The van der Waals surface area contributed by atoms with Crippen molar-refractivity contribution in [2.45, 2.75) is 5.92 Å². The number of ether oxygens (including phenoxy) is 1. The lowest BCUT2D eigenvalue weighted by Gasteiger charge is -2.15. The Hall–Kier alpha value is -1.83. The highest BCUT2D eigenvalue weighted by atomic mass is 19.3. The van der Waals surface area contributed by atoms with Crippen molar-refractivity contribution in [1.82, 2.24) is 0 Å². The molecule has 106 valence electrons. The van der Waals surface area contributed by atoms with E-state index in [9.17, 15) is 22.4 Å². The Morgan fingerprint density at radius 3 is 2.53 bits per heavy atom. The van der Waals surface area contributed by atoms with Crippen molar-refractivity contribution in [3.05, 3.63) is 29.3 Å². The Balaban J connectivity index is 2.94. The van der Waals surface area contributed by atoms with Crippen molar-refractivity contribution < 1.29 is 32.2 Å². The van der Waals surface area contributed by atoms with E-state index in [0.717, 1.165) is 19.2 Å². The third kappa shape index (κ3) is 3.57. The first-order chi connectivity index (χ1) is 8.82. The minimum atomic E-state index is -3.47. The number of halogens is 4. The molecule has 0 atom stereocenters. The number of aliphatic hydroxyl groups excluding tert-OH is 1. The molecule has 8 heteroatoms. The fraction of sp³-hybridized carbons (Fsp3) is 0.364. The highest BCUT2D eigenvalue weighted by Gasteiger charge is 2.28. The molecule has 1 aromatic carbocycles. The number of hydrogen-bond acceptors (Lipinski definition) is 4. The summed E-state index contributed by atoms with van der Waals surface area (Å²) in [5.41, 5.74) is -1.18. The van der Waals surface area contributed by atoms with Crippen LogP contribution in [0, 0.1) is 11.6 Å². The van der Waals surface area contributed by atoms with Gasteiger partial charge in [0.25, 0.3) is 5.92 Å². The molecule has 0 aromatic heterocycles. The molecule has 0 aliphatic carbocycles. The van der Waals surface area contributed by atoms with Gasteiger partial charge in [0.15, 0.2) is 11.6 Å². The first kappa shape index (κ1) is 15.2. The Morgan fingerprint density at radius 2 is 2.00 bits per heavy atom. The largest absolute Gasteiger partial charge is 0.465 e. The van der Waals surface area contributed by atoms with Crippen molar-refractivity contribution in [2.75, 3.05) is 25.6 Å². The van der Waals surface area contributed by atoms with Crippen LogP contribution in [0.25, 0.3) is 0 Å². The van der Waals surface area contributed by atoms with Crippen LogP contribution in [0.4, 0.5) is 23.2 Å². The molecule has 0 unspecified atom stereocenters. The number of methoxy groups -OCH3 is 1. The van der Waals surface area contributed by atoms with Crippen LogP contribution in [-0.2, 0) is 4.74 Å².